The van der Waals surface area contributed by atoms with E-state index in [2.05, 4.69) is 38.8 Å². The molecule has 2 heterocycles. The summed E-state index contributed by atoms with van der Waals surface area (Å²) in [6.07, 6.45) is 1.41. The summed E-state index contributed by atoms with van der Waals surface area (Å²) in [5.74, 6) is 0.624. The Balaban J connectivity index is 1.73. The average molecular weight is 421 g/mol. The molecule has 1 N–H and O–H groups in total. The standard InChI is InChI=1S/C21H29F2N5O2/c1-14(2)8-18(24-20(29)13-30-3)21-26-25-19-4-5-27(6-7-28(19)21)12-15-9-16(22)11-17(23)10-15/h9-11,14,18H,4-8,12-13H2,1-3H3,(H,24,29)/t18-/m1/s1. The number of amides is 1. The summed E-state index contributed by atoms with van der Waals surface area (Å²) in [5.41, 5.74) is 0.606. The van der Waals surface area contributed by atoms with Crippen molar-refractivity contribution in [3.8, 4) is 0 Å². The van der Waals surface area contributed by atoms with E-state index in [1.54, 1.807) is 0 Å². The van der Waals surface area contributed by atoms with Gasteiger partial charge in [0.25, 0.3) is 0 Å². The van der Waals surface area contributed by atoms with Crippen molar-refractivity contribution in [2.45, 2.75) is 45.8 Å². The Morgan fingerprint density at radius 1 is 1.17 bits per heavy atom. The first-order chi connectivity index (χ1) is 14.4. The summed E-state index contributed by atoms with van der Waals surface area (Å²) in [6, 6.07) is 3.36. The number of nitrogens with zero attached hydrogens (tertiary/aromatic N) is 4. The van der Waals surface area contributed by atoms with Gasteiger partial charge in [-0.05, 0) is 30.0 Å². The minimum atomic E-state index is -0.567. The first-order valence-corrected chi connectivity index (χ1v) is 10.2. The summed E-state index contributed by atoms with van der Waals surface area (Å²) in [5, 5.41) is 11.7. The maximum Gasteiger partial charge on any atom is 0.246 e. The number of fused-ring (bicyclic) bond motifs is 1. The lowest BCUT2D eigenvalue weighted by molar-refractivity contribution is -0.125. The second-order valence-corrected chi connectivity index (χ2v) is 8.11. The number of methoxy groups -OCH3 is 1. The van der Waals surface area contributed by atoms with Crippen LogP contribution in [0.1, 0.15) is 43.5 Å². The fraction of sp³-hybridized carbons (Fsp3) is 0.571. The number of carbonyl (C=O) groups is 1. The zero-order chi connectivity index (χ0) is 21.7. The Kier molecular flexibility index (Phi) is 7.49. The molecule has 3 rings (SSSR count). The molecule has 1 aliphatic heterocycles. The molecule has 0 radical (unpaired) electrons. The predicted molar refractivity (Wildman–Crippen MR) is 108 cm³/mol. The molecule has 1 aromatic heterocycles. The summed E-state index contributed by atoms with van der Waals surface area (Å²) < 4.78 is 34.0. The van der Waals surface area contributed by atoms with E-state index in [0.717, 1.165) is 24.1 Å². The third kappa shape index (κ3) is 5.82. The summed E-state index contributed by atoms with van der Waals surface area (Å²) in [6.45, 7) is 6.68. The average Bonchev–Trinajstić information content (AvgIpc) is 2.95. The van der Waals surface area contributed by atoms with Crippen LogP contribution >= 0.6 is 0 Å². The lowest BCUT2D eigenvalue weighted by Crippen LogP contribution is -2.34. The molecule has 30 heavy (non-hydrogen) atoms. The van der Waals surface area contributed by atoms with Gasteiger partial charge in [0.2, 0.25) is 5.91 Å². The van der Waals surface area contributed by atoms with Crippen LogP contribution in [0.2, 0.25) is 0 Å². The van der Waals surface area contributed by atoms with E-state index in [1.165, 1.54) is 19.2 Å². The molecular formula is C21H29F2N5O2. The number of halogens is 2. The molecule has 0 saturated carbocycles. The van der Waals surface area contributed by atoms with Crippen LogP contribution in [0.15, 0.2) is 18.2 Å². The number of rotatable bonds is 8. The Bertz CT molecular complexity index is 851. The van der Waals surface area contributed by atoms with Crippen LogP contribution < -0.4 is 5.32 Å². The second kappa shape index (κ2) is 10.1. The minimum absolute atomic E-state index is 0.00639. The van der Waals surface area contributed by atoms with Crippen LogP contribution in [0, 0.1) is 17.6 Å². The monoisotopic (exact) mass is 421 g/mol. The number of benzene rings is 1. The van der Waals surface area contributed by atoms with Gasteiger partial charge in [0, 0.05) is 45.8 Å². The van der Waals surface area contributed by atoms with Gasteiger partial charge in [-0.3, -0.25) is 9.69 Å². The third-order valence-electron chi connectivity index (χ3n) is 5.11. The van der Waals surface area contributed by atoms with Crippen molar-refractivity contribution < 1.29 is 18.3 Å². The van der Waals surface area contributed by atoms with Crippen molar-refractivity contribution in [3.63, 3.8) is 0 Å². The molecule has 0 saturated heterocycles. The zero-order valence-corrected chi connectivity index (χ0v) is 17.7. The molecule has 1 atom stereocenters. The molecule has 1 amide bonds. The van der Waals surface area contributed by atoms with Crippen molar-refractivity contribution in [3.05, 3.63) is 47.0 Å². The van der Waals surface area contributed by atoms with Crippen LogP contribution in [-0.2, 0) is 29.0 Å². The van der Waals surface area contributed by atoms with Crippen molar-refractivity contribution in [2.24, 2.45) is 5.92 Å². The van der Waals surface area contributed by atoms with Crippen molar-refractivity contribution in [1.82, 2.24) is 25.0 Å². The van der Waals surface area contributed by atoms with Crippen LogP contribution in [0.4, 0.5) is 8.78 Å². The highest BCUT2D eigenvalue weighted by Gasteiger charge is 2.26. The number of nitrogens with one attached hydrogen (secondary N) is 1. The van der Waals surface area contributed by atoms with E-state index < -0.39 is 11.6 Å². The molecule has 164 valence electrons. The van der Waals surface area contributed by atoms with E-state index >= 15 is 0 Å². The van der Waals surface area contributed by atoms with Crippen LogP contribution in [0.25, 0.3) is 0 Å². The van der Waals surface area contributed by atoms with Gasteiger partial charge in [0.1, 0.15) is 24.1 Å². The normalized spacial score (nSPS) is 15.7. The van der Waals surface area contributed by atoms with Crippen LogP contribution in [-0.4, -0.2) is 52.4 Å². The maximum atomic E-state index is 13.5. The Labute approximate surface area is 175 Å². The largest absolute Gasteiger partial charge is 0.375 e. The highest BCUT2D eigenvalue weighted by Crippen LogP contribution is 2.23. The van der Waals surface area contributed by atoms with Gasteiger partial charge in [-0.25, -0.2) is 8.78 Å². The number of aromatic nitrogens is 3. The number of hydrogen-bond acceptors (Lipinski definition) is 5. The Hall–Kier alpha value is -2.39. The van der Waals surface area contributed by atoms with E-state index in [-0.39, 0.29) is 18.6 Å². The quantitative estimate of drug-likeness (QED) is 0.709. The highest BCUT2D eigenvalue weighted by atomic mass is 19.1. The van der Waals surface area contributed by atoms with Gasteiger partial charge in [0.05, 0.1) is 6.04 Å². The lowest BCUT2D eigenvalue weighted by atomic mass is 10.0. The molecular weight excluding hydrogens is 392 g/mol. The lowest BCUT2D eigenvalue weighted by Gasteiger charge is -2.22. The summed E-state index contributed by atoms with van der Waals surface area (Å²) in [4.78, 5) is 14.3. The van der Waals surface area contributed by atoms with Gasteiger partial charge < -0.3 is 14.6 Å². The maximum absolute atomic E-state index is 13.5. The minimum Gasteiger partial charge on any atom is -0.375 e. The number of ether oxygens (including phenoxy) is 1. The Morgan fingerprint density at radius 2 is 1.90 bits per heavy atom. The van der Waals surface area contributed by atoms with Crippen molar-refractivity contribution in [2.75, 3.05) is 26.8 Å². The summed E-state index contributed by atoms with van der Waals surface area (Å²) >= 11 is 0. The molecule has 0 spiro atoms. The fourth-order valence-corrected chi connectivity index (χ4v) is 3.83. The Morgan fingerprint density at radius 3 is 2.57 bits per heavy atom. The predicted octanol–water partition coefficient (Wildman–Crippen LogP) is 2.46. The van der Waals surface area contributed by atoms with Gasteiger partial charge in [-0.15, -0.1) is 10.2 Å². The smallest absolute Gasteiger partial charge is 0.246 e. The molecule has 7 nitrogen and oxygen atoms in total. The molecule has 0 fully saturated rings. The zero-order valence-electron chi connectivity index (χ0n) is 17.7. The first-order valence-electron chi connectivity index (χ1n) is 10.2. The molecule has 0 unspecified atom stereocenters. The van der Waals surface area contributed by atoms with Crippen LogP contribution in [0.5, 0.6) is 0 Å². The molecule has 0 bridgehead atoms. The van der Waals surface area contributed by atoms with E-state index in [9.17, 15) is 13.6 Å². The molecule has 0 aliphatic carbocycles. The number of carbonyl (C=O) groups excluding carboxylic acids is 1. The van der Waals surface area contributed by atoms with E-state index in [1.807, 2.05) is 0 Å². The molecule has 1 aromatic carbocycles. The van der Waals surface area contributed by atoms with Crippen LogP contribution in [0.3, 0.4) is 0 Å². The van der Waals surface area contributed by atoms with Gasteiger partial charge in [-0.2, -0.15) is 0 Å². The third-order valence-corrected chi connectivity index (χ3v) is 5.11. The molecule has 2 aromatic rings. The first kappa shape index (κ1) is 22.3. The van der Waals surface area contributed by atoms with E-state index in [0.29, 0.717) is 44.1 Å². The van der Waals surface area contributed by atoms with Crippen molar-refractivity contribution >= 4 is 5.91 Å². The molecule has 9 heteroatoms. The van der Waals surface area contributed by atoms with Gasteiger partial charge >= 0.3 is 0 Å². The molecule has 1 aliphatic rings. The highest BCUT2D eigenvalue weighted by molar-refractivity contribution is 5.77. The number of hydrogen-bond donors (Lipinski definition) is 1. The fourth-order valence-electron chi connectivity index (χ4n) is 3.83. The topological polar surface area (TPSA) is 72.3 Å². The summed E-state index contributed by atoms with van der Waals surface area (Å²) in [7, 11) is 1.49. The van der Waals surface area contributed by atoms with Crippen molar-refractivity contribution in [1.29, 1.82) is 0 Å². The van der Waals surface area contributed by atoms with Gasteiger partial charge in [0.15, 0.2) is 5.82 Å². The van der Waals surface area contributed by atoms with Gasteiger partial charge in [-0.1, -0.05) is 13.8 Å². The SMILES string of the molecule is COCC(=O)N[C@H](CC(C)C)c1nnc2n1CCN(Cc1cc(F)cc(F)c1)CC2. The van der Waals surface area contributed by atoms with E-state index in [4.69, 9.17) is 4.74 Å². The second-order valence-electron chi connectivity index (χ2n) is 8.11.